The molecule has 0 aliphatic carbocycles. The zero-order chi connectivity index (χ0) is 15.5. The molecule has 112 valence electrons. The van der Waals surface area contributed by atoms with Gasteiger partial charge >= 0.3 is 0 Å². The second-order valence-corrected chi connectivity index (χ2v) is 5.13. The molecule has 6 nitrogen and oxygen atoms in total. The number of aromatic nitrogens is 1. The maximum atomic E-state index is 12.3. The van der Waals surface area contributed by atoms with Crippen LogP contribution in [0.25, 0.3) is 0 Å². The van der Waals surface area contributed by atoms with Crippen molar-refractivity contribution in [2.75, 3.05) is 10.6 Å². The number of nitrogens with zero attached hydrogens (tertiary/aromatic N) is 1. The molecule has 22 heavy (non-hydrogen) atoms. The summed E-state index contributed by atoms with van der Waals surface area (Å²) >= 11 is 0. The van der Waals surface area contributed by atoms with E-state index >= 15 is 0 Å². The first-order valence-electron chi connectivity index (χ1n) is 7.00. The molecule has 1 aromatic carbocycles. The Labute approximate surface area is 127 Å². The Hall–Kier alpha value is -2.73. The average molecular weight is 296 g/mol. The first-order chi connectivity index (χ1) is 10.6. The van der Waals surface area contributed by atoms with Crippen LogP contribution in [0.3, 0.4) is 0 Å². The quantitative estimate of drug-likeness (QED) is 0.808. The molecule has 1 aliphatic heterocycles. The van der Waals surface area contributed by atoms with Gasteiger partial charge in [0, 0.05) is 25.7 Å². The lowest BCUT2D eigenvalue weighted by atomic mass is 10.1. The average Bonchev–Trinajstić information content (AvgIpc) is 2.94. The van der Waals surface area contributed by atoms with Gasteiger partial charge in [-0.1, -0.05) is 12.1 Å². The van der Waals surface area contributed by atoms with Crippen molar-refractivity contribution in [3.8, 4) is 0 Å². The van der Waals surface area contributed by atoms with Crippen LogP contribution in [-0.4, -0.2) is 16.8 Å². The smallest absolute Gasteiger partial charge is 0.274 e. The van der Waals surface area contributed by atoms with Gasteiger partial charge in [-0.2, -0.15) is 0 Å². The number of anilines is 2. The summed E-state index contributed by atoms with van der Waals surface area (Å²) < 4.78 is 0. The highest BCUT2D eigenvalue weighted by atomic mass is 16.2. The standard InChI is InChI=1S/C16H16N4O2/c1-10(21)18-15-4-2-3-14(20-15)16(22)19-13-6-5-11-8-17-9-12(11)7-13/h2-7,17H,8-9H2,1H3,(H,19,22)(H,18,20,21). The monoisotopic (exact) mass is 296 g/mol. The number of carbonyl (C=O) groups excluding carboxylic acids is 2. The van der Waals surface area contributed by atoms with Crippen molar-refractivity contribution < 1.29 is 9.59 Å². The summed E-state index contributed by atoms with van der Waals surface area (Å²) in [6, 6.07) is 10.8. The highest BCUT2D eigenvalue weighted by molar-refractivity contribution is 6.03. The van der Waals surface area contributed by atoms with Crippen LogP contribution in [0.5, 0.6) is 0 Å². The minimum atomic E-state index is -0.307. The lowest BCUT2D eigenvalue weighted by Gasteiger charge is -2.08. The molecule has 1 aromatic heterocycles. The van der Waals surface area contributed by atoms with Crippen molar-refractivity contribution >= 4 is 23.3 Å². The zero-order valence-corrected chi connectivity index (χ0v) is 12.1. The van der Waals surface area contributed by atoms with Crippen LogP contribution in [0.15, 0.2) is 36.4 Å². The van der Waals surface area contributed by atoms with Gasteiger partial charge in [0.15, 0.2) is 0 Å². The minimum Gasteiger partial charge on any atom is -0.321 e. The van der Waals surface area contributed by atoms with Gasteiger partial charge in [0.1, 0.15) is 11.5 Å². The van der Waals surface area contributed by atoms with E-state index < -0.39 is 0 Å². The van der Waals surface area contributed by atoms with Gasteiger partial charge in [0.2, 0.25) is 5.91 Å². The van der Waals surface area contributed by atoms with Gasteiger partial charge in [-0.05, 0) is 35.4 Å². The summed E-state index contributed by atoms with van der Waals surface area (Å²) in [5.74, 6) is -0.174. The van der Waals surface area contributed by atoms with Gasteiger partial charge in [0.25, 0.3) is 5.91 Å². The Bertz CT molecular complexity index is 743. The molecule has 0 fully saturated rings. The topological polar surface area (TPSA) is 83.1 Å². The summed E-state index contributed by atoms with van der Waals surface area (Å²) in [5.41, 5.74) is 3.44. The fraction of sp³-hybridized carbons (Fsp3) is 0.188. The second-order valence-electron chi connectivity index (χ2n) is 5.13. The number of fused-ring (bicyclic) bond motifs is 1. The largest absolute Gasteiger partial charge is 0.321 e. The van der Waals surface area contributed by atoms with Crippen LogP contribution >= 0.6 is 0 Å². The van der Waals surface area contributed by atoms with Crippen molar-refractivity contribution in [3.63, 3.8) is 0 Å². The van der Waals surface area contributed by atoms with Crippen molar-refractivity contribution in [1.29, 1.82) is 0 Å². The number of nitrogens with one attached hydrogen (secondary N) is 3. The predicted molar refractivity (Wildman–Crippen MR) is 83.5 cm³/mol. The van der Waals surface area contributed by atoms with E-state index in [1.165, 1.54) is 18.1 Å². The SMILES string of the molecule is CC(=O)Nc1cccc(C(=O)Nc2ccc3c(c2)CNC3)n1. The molecular weight excluding hydrogens is 280 g/mol. The molecule has 2 aromatic rings. The van der Waals surface area contributed by atoms with E-state index in [0.717, 1.165) is 18.8 Å². The Morgan fingerprint density at radius 2 is 1.91 bits per heavy atom. The van der Waals surface area contributed by atoms with E-state index in [-0.39, 0.29) is 17.5 Å². The number of hydrogen-bond donors (Lipinski definition) is 3. The summed E-state index contributed by atoms with van der Waals surface area (Å²) in [5, 5.41) is 8.65. The Morgan fingerprint density at radius 3 is 2.73 bits per heavy atom. The third-order valence-corrected chi connectivity index (χ3v) is 3.38. The number of hydrogen-bond acceptors (Lipinski definition) is 4. The van der Waals surface area contributed by atoms with E-state index in [9.17, 15) is 9.59 Å². The molecule has 3 rings (SSSR count). The predicted octanol–water partition coefficient (Wildman–Crippen LogP) is 1.90. The molecular formula is C16H16N4O2. The van der Waals surface area contributed by atoms with Crippen LogP contribution in [0, 0.1) is 0 Å². The van der Waals surface area contributed by atoms with E-state index in [1.54, 1.807) is 18.2 Å². The minimum absolute atomic E-state index is 0.226. The lowest BCUT2D eigenvalue weighted by molar-refractivity contribution is -0.114. The first-order valence-corrected chi connectivity index (χ1v) is 7.00. The molecule has 0 bridgehead atoms. The molecule has 0 saturated carbocycles. The van der Waals surface area contributed by atoms with Crippen LogP contribution in [0.2, 0.25) is 0 Å². The molecule has 0 saturated heterocycles. The second kappa shape index (κ2) is 5.95. The Morgan fingerprint density at radius 1 is 1.09 bits per heavy atom. The highest BCUT2D eigenvalue weighted by Gasteiger charge is 2.13. The summed E-state index contributed by atoms with van der Waals surface area (Å²) in [6.07, 6.45) is 0. The summed E-state index contributed by atoms with van der Waals surface area (Å²) in [7, 11) is 0. The highest BCUT2D eigenvalue weighted by Crippen LogP contribution is 2.20. The fourth-order valence-corrected chi connectivity index (χ4v) is 2.38. The third kappa shape index (κ3) is 3.12. The van der Waals surface area contributed by atoms with Crippen LogP contribution in [0.1, 0.15) is 28.5 Å². The molecule has 0 atom stereocenters. The fourth-order valence-electron chi connectivity index (χ4n) is 2.38. The van der Waals surface area contributed by atoms with Gasteiger partial charge in [-0.25, -0.2) is 4.98 Å². The van der Waals surface area contributed by atoms with Crippen LogP contribution in [0.4, 0.5) is 11.5 Å². The van der Waals surface area contributed by atoms with Crippen LogP contribution in [-0.2, 0) is 17.9 Å². The van der Waals surface area contributed by atoms with Crippen molar-refractivity contribution in [3.05, 3.63) is 53.2 Å². The Balaban J connectivity index is 1.75. The van der Waals surface area contributed by atoms with Gasteiger partial charge in [-0.15, -0.1) is 0 Å². The number of amides is 2. The summed E-state index contributed by atoms with van der Waals surface area (Å²) in [6.45, 7) is 3.08. The zero-order valence-electron chi connectivity index (χ0n) is 12.1. The number of benzene rings is 1. The molecule has 2 heterocycles. The van der Waals surface area contributed by atoms with Gasteiger partial charge in [-0.3, -0.25) is 9.59 Å². The van der Waals surface area contributed by atoms with E-state index in [4.69, 9.17) is 0 Å². The molecule has 0 spiro atoms. The maximum Gasteiger partial charge on any atom is 0.274 e. The molecule has 0 radical (unpaired) electrons. The molecule has 1 aliphatic rings. The maximum absolute atomic E-state index is 12.3. The number of pyridine rings is 1. The van der Waals surface area contributed by atoms with Crippen molar-refractivity contribution in [2.45, 2.75) is 20.0 Å². The number of rotatable bonds is 3. The molecule has 3 N–H and O–H groups in total. The van der Waals surface area contributed by atoms with E-state index in [1.807, 2.05) is 18.2 Å². The first kappa shape index (κ1) is 14.2. The van der Waals surface area contributed by atoms with Crippen molar-refractivity contribution in [2.24, 2.45) is 0 Å². The third-order valence-electron chi connectivity index (χ3n) is 3.38. The van der Waals surface area contributed by atoms with Crippen LogP contribution < -0.4 is 16.0 Å². The van der Waals surface area contributed by atoms with E-state index in [2.05, 4.69) is 20.9 Å². The van der Waals surface area contributed by atoms with Crippen molar-refractivity contribution in [1.82, 2.24) is 10.3 Å². The molecule has 2 amide bonds. The van der Waals surface area contributed by atoms with Gasteiger partial charge < -0.3 is 16.0 Å². The van der Waals surface area contributed by atoms with Gasteiger partial charge in [0.05, 0.1) is 0 Å². The molecule has 0 unspecified atom stereocenters. The number of carbonyl (C=O) groups is 2. The molecule has 6 heteroatoms. The van der Waals surface area contributed by atoms with E-state index in [0.29, 0.717) is 5.82 Å². The normalized spacial score (nSPS) is 12.6. The lowest BCUT2D eigenvalue weighted by Crippen LogP contribution is -2.15. The summed E-state index contributed by atoms with van der Waals surface area (Å²) in [4.78, 5) is 27.4. The Kier molecular flexibility index (Phi) is 3.84.